The molecule has 5 nitrogen and oxygen atoms in total. The molecule has 0 aliphatic carbocycles. The molecule has 6 heteroatoms. The van der Waals surface area contributed by atoms with Gasteiger partial charge in [0.15, 0.2) is 0 Å². The second-order valence-corrected chi connectivity index (χ2v) is 4.15. The minimum absolute atomic E-state index is 0.0966. The first-order valence-electron chi connectivity index (χ1n) is 4.36. The fraction of sp³-hybridized carbons (Fsp3) is 0.556. The first kappa shape index (κ1) is 14.0. The van der Waals surface area contributed by atoms with E-state index in [1.165, 1.54) is 24.8 Å². The summed E-state index contributed by atoms with van der Waals surface area (Å²) in [6, 6.07) is -0.929. The second-order valence-electron chi connectivity index (χ2n) is 2.88. The van der Waals surface area contributed by atoms with Crippen molar-refractivity contribution in [3.8, 4) is 0 Å². The van der Waals surface area contributed by atoms with Gasteiger partial charge in [-0.05, 0) is 0 Å². The lowest BCUT2D eigenvalue weighted by atomic mass is 10.3. The van der Waals surface area contributed by atoms with Gasteiger partial charge in [0.25, 0.3) is 0 Å². The van der Waals surface area contributed by atoms with Gasteiger partial charge in [-0.3, -0.25) is 4.79 Å². The normalized spacial score (nSPS) is 14.0. The molecule has 0 aromatic rings. The number of aliphatic hydroxyl groups excluding tert-OH is 1. The number of thioether (sulfide) groups is 1. The summed E-state index contributed by atoms with van der Waals surface area (Å²) in [5, 5.41) is 19.7. The number of aliphatic hydroxyl groups is 1. The van der Waals surface area contributed by atoms with Crippen molar-refractivity contribution in [1.82, 2.24) is 5.32 Å². The number of rotatable bonds is 7. The van der Waals surface area contributed by atoms with E-state index < -0.39 is 12.0 Å². The molecule has 15 heavy (non-hydrogen) atoms. The summed E-state index contributed by atoms with van der Waals surface area (Å²) in [6.45, 7) is 4.66. The van der Waals surface area contributed by atoms with Gasteiger partial charge < -0.3 is 15.5 Å². The van der Waals surface area contributed by atoms with Gasteiger partial charge >= 0.3 is 5.97 Å². The lowest BCUT2D eigenvalue weighted by Crippen LogP contribution is -2.41. The van der Waals surface area contributed by atoms with Crippen LogP contribution in [-0.2, 0) is 9.59 Å². The SMILES string of the molecule is C=CC(CO)SCC(NC(C)=O)C(=O)O. The molecule has 0 fully saturated rings. The number of carboxylic acid groups (broad SMARTS) is 1. The maximum Gasteiger partial charge on any atom is 0.327 e. The quantitative estimate of drug-likeness (QED) is 0.533. The van der Waals surface area contributed by atoms with Crippen molar-refractivity contribution in [2.75, 3.05) is 12.4 Å². The molecule has 0 aliphatic rings. The minimum atomic E-state index is -1.08. The predicted molar refractivity (Wildman–Crippen MR) is 58.8 cm³/mol. The Balaban J connectivity index is 4.11. The summed E-state index contributed by atoms with van der Waals surface area (Å²) in [5.74, 6) is -1.27. The third kappa shape index (κ3) is 6.14. The second kappa shape index (κ2) is 7.30. The first-order chi connectivity index (χ1) is 7.01. The van der Waals surface area contributed by atoms with E-state index in [1.54, 1.807) is 0 Å². The molecule has 0 saturated heterocycles. The van der Waals surface area contributed by atoms with Crippen molar-refractivity contribution >= 4 is 23.6 Å². The molecule has 86 valence electrons. The molecule has 0 radical (unpaired) electrons. The smallest absolute Gasteiger partial charge is 0.327 e. The topological polar surface area (TPSA) is 86.6 Å². The molecule has 0 bridgehead atoms. The Morgan fingerprint density at radius 3 is 2.53 bits per heavy atom. The van der Waals surface area contributed by atoms with Gasteiger partial charge in [0.05, 0.1) is 6.61 Å². The average Bonchev–Trinajstić information content (AvgIpc) is 2.16. The molecule has 0 aliphatic heterocycles. The highest BCUT2D eigenvalue weighted by Crippen LogP contribution is 2.12. The number of hydrogen-bond donors (Lipinski definition) is 3. The van der Waals surface area contributed by atoms with Gasteiger partial charge in [0, 0.05) is 17.9 Å². The highest BCUT2D eigenvalue weighted by Gasteiger charge is 2.19. The maximum absolute atomic E-state index is 10.7. The van der Waals surface area contributed by atoms with Crippen LogP contribution < -0.4 is 5.32 Å². The number of amides is 1. The zero-order chi connectivity index (χ0) is 11.8. The van der Waals surface area contributed by atoms with E-state index in [-0.39, 0.29) is 23.5 Å². The van der Waals surface area contributed by atoms with Gasteiger partial charge in [0.1, 0.15) is 6.04 Å². The summed E-state index contributed by atoms with van der Waals surface area (Å²) >= 11 is 1.24. The van der Waals surface area contributed by atoms with Crippen LogP contribution in [0.4, 0.5) is 0 Å². The Hall–Kier alpha value is -1.01. The summed E-state index contributed by atoms with van der Waals surface area (Å²) in [4.78, 5) is 21.4. The van der Waals surface area contributed by atoms with Gasteiger partial charge in [0.2, 0.25) is 5.91 Å². The van der Waals surface area contributed by atoms with E-state index >= 15 is 0 Å². The predicted octanol–water partition coefficient (Wildman–Crippen LogP) is -0.144. The highest BCUT2D eigenvalue weighted by atomic mass is 32.2. The molecule has 2 unspecified atom stereocenters. The molecule has 3 N–H and O–H groups in total. The number of hydrogen-bond acceptors (Lipinski definition) is 4. The third-order valence-corrected chi connectivity index (χ3v) is 2.89. The van der Waals surface area contributed by atoms with Crippen molar-refractivity contribution in [3.63, 3.8) is 0 Å². The minimum Gasteiger partial charge on any atom is -0.480 e. The van der Waals surface area contributed by atoms with Crippen LogP contribution in [0.25, 0.3) is 0 Å². The van der Waals surface area contributed by atoms with Crippen molar-refractivity contribution in [2.24, 2.45) is 0 Å². The zero-order valence-electron chi connectivity index (χ0n) is 8.47. The lowest BCUT2D eigenvalue weighted by molar-refractivity contribution is -0.140. The van der Waals surface area contributed by atoms with E-state index in [4.69, 9.17) is 10.2 Å². The Morgan fingerprint density at radius 2 is 2.20 bits per heavy atom. The Morgan fingerprint density at radius 1 is 1.60 bits per heavy atom. The molecule has 0 aromatic carbocycles. The van der Waals surface area contributed by atoms with Crippen LogP contribution in [0.15, 0.2) is 12.7 Å². The van der Waals surface area contributed by atoms with E-state index in [2.05, 4.69) is 11.9 Å². The third-order valence-electron chi connectivity index (χ3n) is 1.60. The lowest BCUT2D eigenvalue weighted by Gasteiger charge is -2.15. The Labute approximate surface area is 92.6 Å². The Bertz CT molecular complexity index is 244. The van der Waals surface area contributed by atoms with E-state index in [0.717, 1.165) is 0 Å². The number of aliphatic carboxylic acids is 1. The molecule has 0 spiro atoms. The van der Waals surface area contributed by atoms with E-state index in [9.17, 15) is 9.59 Å². The molecular weight excluding hydrogens is 218 g/mol. The maximum atomic E-state index is 10.7. The van der Waals surface area contributed by atoms with Crippen LogP contribution in [0, 0.1) is 0 Å². The van der Waals surface area contributed by atoms with Gasteiger partial charge in [-0.1, -0.05) is 6.08 Å². The molecule has 0 rings (SSSR count). The zero-order valence-corrected chi connectivity index (χ0v) is 9.29. The first-order valence-corrected chi connectivity index (χ1v) is 5.41. The Kier molecular flexibility index (Phi) is 6.81. The van der Waals surface area contributed by atoms with Crippen molar-refractivity contribution < 1.29 is 19.8 Å². The van der Waals surface area contributed by atoms with E-state index in [1.807, 2.05) is 0 Å². The molecule has 0 saturated carbocycles. The summed E-state index contributed by atoms with van der Waals surface area (Å²) in [6.07, 6.45) is 1.54. The average molecular weight is 233 g/mol. The number of carbonyl (C=O) groups is 2. The van der Waals surface area contributed by atoms with Crippen molar-refractivity contribution in [1.29, 1.82) is 0 Å². The highest BCUT2D eigenvalue weighted by molar-refractivity contribution is 8.00. The monoisotopic (exact) mass is 233 g/mol. The van der Waals surface area contributed by atoms with E-state index in [0.29, 0.717) is 0 Å². The number of carbonyl (C=O) groups excluding carboxylic acids is 1. The molecule has 0 heterocycles. The molecule has 0 aromatic heterocycles. The molecular formula is C9H15NO4S. The van der Waals surface area contributed by atoms with Gasteiger partial charge in [-0.15, -0.1) is 18.3 Å². The summed E-state index contributed by atoms with van der Waals surface area (Å²) in [5.41, 5.74) is 0. The molecule has 2 atom stereocenters. The van der Waals surface area contributed by atoms with Crippen molar-refractivity contribution in [2.45, 2.75) is 18.2 Å². The standard InChI is InChI=1S/C9H15NO4S/c1-3-7(4-11)15-5-8(9(13)14)10-6(2)12/h3,7-8,11H,1,4-5H2,2H3,(H,10,12)(H,13,14). The number of nitrogens with one attached hydrogen (secondary N) is 1. The summed E-state index contributed by atoms with van der Waals surface area (Å²) in [7, 11) is 0. The van der Waals surface area contributed by atoms with Crippen LogP contribution in [0.1, 0.15) is 6.92 Å². The van der Waals surface area contributed by atoms with Crippen LogP contribution in [0.3, 0.4) is 0 Å². The van der Waals surface area contributed by atoms with Crippen LogP contribution in [-0.4, -0.2) is 45.7 Å². The van der Waals surface area contributed by atoms with Gasteiger partial charge in [-0.2, -0.15) is 0 Å². The number of carboxylic acids is 1. The fourth-order valence-electron chi connectivity index (χ4n) is 0.835. The fourth-order valence-corrected chi connectivity index (χ4v) is 1.74. The van der Waals surface area contributed by atoms with Crippen LogP contribution >= 0.6 is 11.8 Å². The van der Waals surface area contributed by atoms with Crippen LogP contribution in [0.2, 0.25) is 0 Å². The van der Waals surface area contributed by atoms with Crippen molar-refractivity contribution in [3.05, 3.63) is 12.7 Å². The summed E-state index contributed by atoms with van der Waals surface area (Å²) < 4.78 is 0. The van der Waals surface area contributed by atoms with Gasteiger partial charge in [-0.25, -0.2) is 4.79 Å². The van der Waals surface area contributed by atoms with Crippen LogP contribution in [0.5, 0.6) is 0 Å². The molecule has 1 amide bonds. The largest absolute Gasteiger partial charge is 0.480 e.